The summed E-state index contributed by atoms with van der Waals surface area (Å²) in [7, 11) is -0.0465. The molecule has 3 fully saturated rings. The first-order valence-corrected chi connectivity index (χ1v) is 12.7. The fourth-order valence-electron chi connectivity index (χ4n) is 5.31. The minimum Gasteiger partial charge on any atom is -0.750 e. The van der Waals surface area contributed by atoms with Crippen molar-refractivity contribution < 1.29 is 18.4 Å². The van der Waals surface area contributed by atoms with Gasteiger partial charge < -0.3 is 14.1 Å². The van der Waals surface area contributed by atoms with Crippen LogP contribution < -0.4 is 5.26 Å². The summed E-state index contributed by atoms with van der Waals surface area (Å²) in [4.78, 5) is 0. The van der Waals surface area contributed by atoms with E-state index < -0.39 is 11.4 Å². The van der Waals surface area contributed by atoms with Gasteiger partial charge >= 0.3 is 0 Å². The van der Waals surface area contributed by atoms with E-state index in [1.165, 1.54) is 17.0 Å². The lowest BCUT2D eigenvalue weighted by Crippen LogP contribution is -2.28. The van der Waals surface area contributed by atoms with Gasteiger partial charge in [0, 0.05) is 7.92 Å². The standard InChI is InChI=1S/C18H33P.H2O4S/c1-4-10-16(11-5-1)19(17-12-6-2-7-13-17)18-14-8-3-9-15-18;1-4-5(2)3/h16-18H,1-15H2;1H,(H,2,3)/p-1. The highest BCUT2D eigenvalue weighted by atomic mass is 32.2. The highest BCUT2D eigenvalue weighted by Gasteiger charge is 2.42. The molecule has 142 valence electrons. The van der Waals surface area contributed by atoms with Gasteiger partial charge in [-0.3, -0.25) is 0 Å². The van der Waals surface area contributed by atoms with Crippen LogP contribution in [0.1, 0.15) is 96.3 Å². The fraction of sp³-hybridized carbons (Fsp3) is 1.00. The van der Waals surface area contributed by atoms with E-state index in [0.717, 1.165) is 0 Å². The van der Waals surface area contributed by atoms with Gasteiger partial charge in [-0.15, -0.1) is 0 Å². The van der Waals surface area contributed by atoms with Crippen LogP contribution in [0.4, 0.5) is 0 Å². The molecular weight excluding hydrogens is 343 g/mol. The first kappa shape index (κ1) is 20.8. The van der Waals surface area contributed by atoms with E-state index in [-0.39, 0.29) is 7.92 Å². The molecule has 0 spiro atoms. The zero-order chi connectivity index (χ0) is 17.2. The van der Waals surface area contributed by atoms with E-state index in [1.54, 1.807) is 96.3 Å². The predicted octanol–water partition coefficient (Wildman–Crippen LogP) is 4.27. The first-order chi connectivity index (χ1) is 11.7. The Kier molecular flexibility index (Phi) is 10.3. The predicted molar refractivity (Wildman–Crippen MR) is 98.9 cm³/mol. The lowest BCUT2D eigenvalue weighted by atomic mass is 9.99. The molecule has 1 atom stereocenters. The summed E-state index contributed by atoms with van der Waals surface area (Å²) < 4.78 is 20.1. The molecule has 0 saturated heterocycles. The Morgan fingerprint density at radius 2 is 0.917 bits per heavy atom. The van der Waals surface area contributed by atoms with Crippen LogP contribution in [0.3, 0.4) is 0 Å². The maximum absolute atomic E-state index is 8.83. The van der Waals surface area contributed by atoms with E-state index in [9.17, 15) is 0 Å². The normalized spacial score (nSPS) is 26.0. The minimum absolute atomic E-state index is 0.0465. The summed E-state index contributed by atoms with van der Waals surface area (Å²) >= 11 is -2.88. The summed E-state index contributed by atoms with van der Waals surface area (Å²) in [6.07, 6.45) is 23.8. The van der Waals surface area contributed by atoms with Crippen LogP contribution in [0.2, 0.25) is 0 Å². The summed E-state index contributed by atoms with van der Waals surface area (Å²) in [6.45, 7) is 0. The molecule has 4 nitrogen and oxygen atoms in total. The van der Waals surface area contributed by atoms with Crippen molar-refractivity contribution in [3.8, 4) is 0 Å². The lowest BCUT2D eigenvalue weighted by molar-refractivity contribution is -0.635. The Hall–Kier alpha value is 0.460. The van der Waals surface area contributed by atoms with Gasteiger partial charge in [0.2, 0.25) is 0 Å². The molecule has 0 amide bonds. The van der Waals surface area contributed by atoms with E-state index in [2.05, 4.69) is 4.33 Å². The highest BCUT2D eigenvalue weighted by molar-refractivity contribution is 7.73. The topological polar surface area (TPSA) is 72.4 Å². The summed E-state index contributed by atoms with van der Waals surface area (Å²) in [5.41, 5.74) is 3.68. The van der Waals surface area contributed by atoms with Crippen molar-refractivity contribution in [2.45, 2.75) is 113 Å². The maximum Gasteiger partial charge on any atom is 0.0748 e. The second-order valence-electron chi connectivity index (χ2n) is 7.78. The van der Waals surface area contributed by atoms with Crippen molar-refractivity contribution in [1.82, 2.24) is 0 Å². The van der Waals surface area contributed by atoms with Gasteiger partial charge in [0.25, 0.3) is 0 Å². The maximum atomic E-state index is 8.83. The molecule has 24 heavy (non-hydrogen) atoms. The molecule has 3 rings (SSSR count). The number of rotatable bonds is 4. The zero-order valence-corrected chi connectivity index (χ0v) is 16.7. The average Bonchev–Trinajstić information content (AvgIpc) is 2.65. The Balaban J connectivity index is 0.000000368. The molecule has 1 unspecified atom stereocenters. The molecule has 3 aliphatic rings. The van der Waals surface area contributed by atoms with Crippen molar-refractivity contribution in [3.63, 3.8) is 0 Å². The lowest BCUT2D eigenvalue weighted by Gasteiger charge is -2.38. The van der Waals surface area contributed by atoms with Crippen molar-refractivity contribution in [3.05, 3.63) is 0 Å². The van der Waals surface area contributed by atoms with E-state index in [1.807, 2.05) is 0 Å². The number of hydrogen-bond donors (Lipinski definition) is 0. The molecule has 0 N–H and O–H groups in total. The van der Waals surface area contributed by atoms with Crippen molar-refractivity contribution >= 4 is 19.3 Å². The van der Waals surface area contributed by atoms with Crippen LogP contribution in [0.5, 0.6) is 0 Å². The molecule has 0 radical (unpaired) electrons. The van der Waals surface area contributed by atoms with Crippen LogP contribution in [0, 0.1) is 0 Å². The van der Waals surface area contributed by atoms with E-state index >= 15 is 0 Å². The highest BCUT2D eigenvalue weighted by Crippen LogP contribution is 2.61. The number of hydrogen-bond acceptors (Lipinski definition) is 4. The van der Waals surface area contributed by atoms with Gasteiger partial charge in [0.15, 0.2) is 0 Å². The van der Waals surface area contributed by atoms with Crippen LogP contribution in [0.25, 0.3) is 0 Å². The van der Waals surface area contributed by atoms with Gasteiger partial charge in [0.1, 0.15) is 0 Å². The van der Waals surface area contributed by atoms with Crippen LogP contribution in [0.15, 0.2) is 0 Å². The molecule has 0 aromatic rings. The molecule has 0 bridgehead atoms. The molecule has 3 saturated carbocycles. The Morgan fingerprint density at radius 1 is 0.667 bits per heavy atom. The van der Waals surface area contributed by atoms with Crippen molar-refractivity contribution in [2.24, 2.45) is 0 Å². The summed E-state index contributed by atoms with van der Waals surface area (Å²) in [5, 5.41) is 8.52. The Bertz CT molecular complexity index is 308. The third kappa shape index (κ3) is 6.99. The Morgan fingerprint density at radius 3 is 1.12 bits per heavy atom. The van der Waals surface area contributed by atoms with Gasteiger partial charge in [-0.05, 0) is 77.0 Å². The quantitative estimate of drug-likeness (QED) is 0.317. The van der Waals surface area contributed by atoms with E-state index in [4.69, 9.17) is 14.0 Å². The third-order valence-electron chi connectivity index (χ3n) is 6.29. The van der Waals surface area contributed by atoms with E-state index in [0.29, 0.717) is 0 Å². The summed E-state index contributed by atoms with van der Waals surface area (Å²) in [6, 6.07) is 0. The fourth-order valence-corrected chi connectivity index (χ4v) is 10.5. The van der Waals surface area contributed by atoms with Crippen LogP contribution in [-0.4, -0.2) is 25.7 Å². The average molecular weight is 378 g/mol. The first-order valence-electron chi connectivity index (χ1n) is 9.98. The zero-order valence-electron chi connectivity index (χ0n) is 14.9. The monoisotopic (exact) mass is 377 g/mol. The molecule has 0 aromatic carbocycles. The third-order valence-corrected chi connectivity index (χ3v) is 11.0. The van der Waals surface area contributed by atoms with Gasteiger partial charge in [-0.2, -0.15) is 0 Å². The SMILES string of the molecule is C1CCC([PH+](C2CCCCC2)C2CCCCC2)CC1.O=S([O-])O[O-]. The molecule has 0 aliphatic heterocycles. The van der Waals surface area contributed by atoms with Crippen LogP contribution in [-0.2, 0) is 15.7 Å². The molecule has 6 heteroatoms. The molecular formula is C18H34O4PS-. The van der Waals surface area contributed by atoms with Gasteiger partial charge in [-0.1, -0.05) is 19.3 Å². The molecule has 0 aromatic heterocycles. The largest absolute Gasteiger partial charge is 0.750 e. The summed E-state index contributed by atoms with van der Waals surface area (Å²) in [5.74, 6) is 0. The second kappa shape index (κ2) is 12.0. The van der Waals surface area contributed by atoms with Crippen molar-refractivity contribution in [2.75, 3.05) is 0 Å². The van der Waals surface area contributed by atoms with Crippen molar-refractivity contribution in [1.29, 1.82) is 0 Å². The second-order valence-corrected chi connectivity index (χ2v) is 11.8. The molecule has 3 aliphatic carbocycles. The Labute approximate surface area is 151 Å². The van der Waals surface area contributed by atoms with Crippen LogP contribution >= 0.6 is 7.92 Å². The van der Waals surface area contributed by atoms with Gasteiger partial charge in [-0.25, -0.2) is 4.21 Å². The smallest absolute Gasteiger partial charge is 0.0748 e. The minimum atomic E-state index is -2.88. The van der Waals surface area contributed by atoms with Gasteiger partial charge in [0.05, 0.1) is 28.3 Å². The molecule has 0 heterocycles.